The van der Waals surface area contributed by atoms with Crippen LogP contribution < -0.4 is 5.32 Å². The van der Waals surface area contributed by atoms with Crippen molar-refractivity contribution in [1.29, 1.82) is 0 Å². The minimum atomic E-state index is -0.304. The summed E-state index contributed by atoms with van der Waals surface area (Å²) in [4.78, 5) is 12.1. The molecule has 1 fully saturated rings. The highest BCUT2D eigenvalue weighted by Crippen LogP contribution is 2.29. The first-order valence-electron chi connectivity index (χ1n) is 8.87. The molecule has 0 unspecified atom stereocenters. The van der Waals surface area contributed by atoms with Crippen molar-refractivity contribution in [2.75, 3.05) is 12.3 Å². The number of hydrogen-bond acceptors (Lipinski definition) is 4. The van der Waals surface area contributed by atoms with E-state index in [1.165, 1.54) is 36.7 Å². The van der Waals surface area contributed by atoms with E-state index in [9.17, 15) is 9.18 Å². The number of carbonyl (C=O) groups is 1. The highest BCUT2D eigenvalue weighted by Gasteiger charge is 2.22. The number of benzene rings is 2. The molecule has 3 aromatic rings. The van der Waals surface area contributed by atoms with E-state index in [1.54, 1.807) is 12.1 Å². The van der Waals surface area contributed by atoms with Gasteiger partial charge in [0.25, 0.3) is 0 Å². The Morgan fingerprint density at radius 3 is 2.56 bits per heavy atom. The van der Waals surface area contributed by atoms with Crippen LogP contribution >= 0.6 is 11.8 Å². The third-order valence-electron chi connectivity index (χ3n) is 4.37. The fourth-order valence-corrected chi connectivity index (χ4v) is 3.50. The highest BCUT2D eigenvalue weighted by atomic mass is 32.2. The molecule has 2 aromatic carbocycles. The topological polar surface area (TPSA) is 59.8 Å². The second-order valence-corrected chi connectivity index (χ2v) is 7.46. The van der Waals surface area contributed by atoms with E-state index in [2.05, 4.69) is 15.5 Å². The number of halogens is 1. The lowest BCUT2D eigenvalue weighted by molar-refractivity contribution is -0.118. The molecule has 0 spiro atoms. The zero-order valence-corrected chi connectivity index (χ0v) is 15.5. The SMILES string of the molecule is O=C(CSc1nnc(-c2ccccc2)n1-c1ccc(F)cc1)NCC1CC1. The van der Waals surface area contributed by atoms with Gasteiger partial charge in [0.1, 0.15) is 5.82 Å². The van der Waals surface area contributed by atoms with Gasteiger partial charge in [0.2, 0.25) is 5.91 Å². The molecule has 138 valence electrons. The predicted molar refractivity (Wildman–Crippen MR) is 103 cm³/mol. The first-order valence-corrected chi connectivity index (χ1v) is 9.85. The molecule has 1 saturated carbocycles. The van der Waals surface area contributed by atoms with E-state index in [-0.39, 0.29) is 17.5 Å². The Morgan fingerprint density at radius 1 is 1.11 bits per heavy atom. The van der Waals surface area contributed by atoms with Crippen molar-refractivity contribution in [1.82, 2.24) is 20.1 Å². The van der Waals surface area contributed by atoms with Gasteiger partial charge in [-0.05, 0) is 43.0 Å². The van der Waals surface area contributed by atoms with Gasteiger partial charge in [0, 0.05) is 17.8 Å². The molecule has 1 N–H and O–H groups in total. The molecule has 1 aliphatic carbocycles. The molecule has 5 nitrogen and oxygen atoms in total. The maximum atomic E-state index is 13.4. The molecule has 0 saturated heterocycles. The van der Waals surface area contributed by atoms with E-state index < -0.39 is 0 Å². The highest BCUT2D eigenvalue weighted by molar-refractivity contribution is 7.99. The second-order valence-electron chi connectivity index (χ2n) is 6.52. The van der Waals surface area contributed by atoms with Crippen LogP contribution in [0.2, 0.25) is 0 Å². The third kappa shape index (κ3) is 4.36. The van der Waals surface area contributed by atoms with Crippen LogP contribution in [0.25, 0.3) is 17.1 Å². The average molecular weight is 382 g/mol. The van der Waals surface area contributed by atoms with Gasteiger partial charge < -0.3 is 5.32 Å². The Bertz CT molecular complexity index is 923. The number of rotatable bonds is 7. The maximum Gasteiger partial charge on any atom is 0.230 e. The lowest BCUT2D eigenvalue weighted by atomic mass is 10.2. The normalized spacial score (nSPS) is 13.5. The number of thioether (sulfide) groups is 1. The molecule has 0 atom stereocenters. The van der Waals surface area contributed by atoms with Crippen LogP contribution in [0.3, 0.4) is 0 Å². The lowest BCUT2D eigenvalue weighted by Crippen LogP contribution is -2.27. The van der Waals surface area contributed by atoms with Gasteiger partial charge in [-0.3, -0.25) is 9.36 Å². The van der Waals surface area contributed by atoms with Crippen molar-refractivity contribution in [3.63, 3.8) is 0 Å². The van der Waals surface area contributed by atoms with Crippen molar-refractivity contribution in [3.05, 3.63) is 60.4 Å². The molecule has 1 aromatic heterocycles. The summed E-state index contributed by atoms with van der Waals surface area (Å²) in [6.45, 7) is 0.749. The largest absolute Gasteiger partial charge is 0.355 e. The molecule has 27 heavy (non-hydrogen) atoms. The molecular weight excluding hydrogens is 363 g/mol. The Hall–Kier alpha value is -2.67. The van der Waals surface area contributed by atoms with Gasteiger partial charge in [0.05, 0.1) is 5.75 Å². The molecule has 7 heteroatoms. The summed E-state index contributed by atoms with van der Waals surface area (Å²) in [5, 5.41) is 12.1. The number of hydrogen-bond donors (Lipinski definition) is 1. The van der Waals surface area contributed by atoms with Crippen LogP contribution in [0, 0.1) is 11.7 Å². The van der Waals surface area contributed by atoms with Crippen LogP contribution in [0.15, 0.2) is 59.8 Å². The molecular formula is C20H19FN4OS. The van der Waals surface area contributed by atoms with E-state index in [4.69, 9.17) is 0 Å². The standard InChI is InChI=1S/C20H19FN4OS/c21-16-8-10-17(11-9-16)25-19(15-4-2-1-3-5-15)23-24-20(25)27-13-18(26)22-12-14-6-7-14/h1-5,8-11,14H,6-7,12-13H2,(H,22,26). The van der Waals surface area contributed by atoms with Crippen LogP contribution in [-0.4, -0.2) is 33.0 Å². The van der Waals surface area contributed by atoms with Gasteiger partial charge in [-0.15, -0.1) is 10.2 Å². The molecule has 0 bridgehead atoms. The Labute approximate surface area is 161 Å². The van der Waals surface area contributed by atoms with Gasteiger partial charge in [-0.25, -0.2) is 4.39 Å². The maximum absolute atomic E-state index is 13.4. The van der Waals surface area contributed by atoms with Crippen LogP contribution in [0.5, 0.6) is 0 Å². The minimum absolute atomic E-state index is 0.0122. The van der Waals surface area contributed by atoms with Crippen molar-refractivity contribution >= 4 is 17.7 Å². The van der Waals surface area contributed by atoms with Crippen molar-refractivity contribution in [2.45, 2.75) is 18.0 Å². The fourth-order valence-electron chi connectivity index (χ4n) is 2.72. The van der Waals surface area contributed by atoms with Crippen molar-refractivity contribution in [2.24, 2.45) is 5.92 Å². The van der Waals surface area contributed by atoms with Gasteiger partial charge >= 0.3 is 0 Å². The van der Waals surface area contributed by atoms with Crippen molar-refractivity contribution < 1.29 is 9.18 Å². The molecule has 1 amide bonds. The summed E-state index contributed by atoms with van der Waals surface area (Å²) in [6.07, 6.45) is 2.40. The molecule has 1 heterocycles. The van der Waals surface area contributed by atoms with Crippen LogP contribution in [-0.2, 0) is 4.79 Å². The monoisotopic (exact) mass is 382 g/mol. The summed E-state index contributed by atoms with van der Waals surface area (Å²) in [5.74, 6) is 1.25. The van der Waals surface area contributed by atoms with Crippen molar-refractivity contribution in [3.8, 4) is 17.1 Å². The van der Waals surface area contributed by atoms with Gasteiger partial charge in [-0.1, -0.05) is 42.1 Å². The van der Waals surface area contributed by atoms with Crippen LogP contribution in [0.4, 0.5) is 4.39 Å². The first-order chi connectivity index (χ1) is 13.2. The summed E-state index contributed by atoms with van der Waals surface area (Å²) >= 11 is 1.33. The van der Waals surface area contributed by atoms with E-state index in [0.717, 1.165) is 17.8 Å². The van der Waals surface area contributed by atoms with Gasteiger partial charge in [0.15, 0.2) is 11.0 Å². The number of amides is 1. The Morgan fingerprint density at radius 2 is 1.85 bits per heavy atom. The number of aromatic nitrogens is 3. The third-order valence-corrected chi connectivity index (χ3v) is 5.30. The summed E-state index contributed by atoms with van der Waals surface area (Å²) in [6, 6.07) is 15.9. The number of nitrogens with zero attached hydrogens (tertiary/aromatic N) is 3. The zero-order chi connectivity index (χ0) is 18.6. The molecule has 0 aliphatic heterocycles. The fraction of sp³-hybridized carbons (Fsp3) is 0.250. The van der Waals surface area contributed by atoms with E-state index in [0.29, 0.717) is 16.9 Å². The van der Waals surface area contributed by atoms with Gasteiger partial charge in [-0.2, -0.15) is 0 Å². The molecule has 4 rings (SSSR count). The Balaban J connectivity index is 1.59. The number of nitrogens with one attached hydrogen (secondary N) is 1. The second kappa shape index (κ2) is 7.92. The predicted octanol–water partition coefficient (Wildman–Crippen LogP) is 3.69. The Kier molecular flexibility index (Phi) is 5.20. The van der Waals surface area contributed by atoms with E-state index >= 15 is 0 Å². The first kappa shape index (κ1) is 17.7. The quantitative estimate of drug-likeness (QED) is 0.633. The number of carbonyl (C=O) groups excluding carboxylic acids is 1. The molecule has 1 aliphatic rings. The summed E-state index contributed by atoms with van der Waals surface area (Å²) in [5.41, 5.74) is 1.65. The van der Waals surface area contributed by atoms with E-state index in [1.807, 2.05) is 34.9 Å². The average Bonchev–Trinajstić information content (AvgIpc) is 3.44. The lowest BCUT2D eigenvalue weighted by Gasteiger charge is -2.10. The summed E-state index contributed by atoms with van der Waals surface area (Å²) in [7, 11) is 0. The summed E-state index contributed by atoms with van der Waals surface area (Å²) < 4.78 is 15.2. The van der Waals surface area contributed by atoms with Crippen LogP contribution in [0.1, 0.15) is 12.8 Å². The zero-order valence-electron chi connectivity index (χ0n) is 14.6. The molecule has 0 radical (unpaired) electrons. The minimum Gasteiger partial charge on any atom is -0.355 e. The smallest absolute Gasteiger partial charge is 0.230 e.